The molecule has 0 atom stereocenters. The molecule has 1 nitrogen and oxygen atoms in total. The Morgan fingerprint density at radius 3 is 2.62 bits per heavy atom. The fourth-order valence-electron chi connectivity index (χ4n) is 1.17. The van der Waals surface area contributed by atoms with Crippen LogP contribution in [0.3, 0.4) is 0 Å². The SMILES string of the molecule is C/C=C(/C)N1C=C(Br)C=C/C1=C/C. The van der Waals surface area contributed by atoms with Crippen LogP contribution in [0.25, 0.3) is 0 Å². The molecule has 0 aromatic carbocycles. The Kier molecular flexibility index (Phi) is 3.55. The molecule has 0 aliphatic carbocycles. The van der Waals surface area contributed by atoms with Crippen LogP contribution in [0.5, 0.6) is 0 Å². The Hall–Kier alpha value is -0.760. The first-order valence-corrected chi connectivity index (χ1v) is 5.12. The van der Waals surface area contributed by atoms with E-state index in [0.29, 0.717) is 0 Å². The topological polar surface area (TPSA) is 3.24 Å². The smallest absolute Gasteiger partial charge is 0.0410 e. The molecule has 0 spiro atoms. The molecule has 1 rings (SSSR count). The average molecular weight is 240 g/mol. The van der Waals surface area contributed by atoms with Crippen molar-refractivity contribution in [2.75, 3.05) is 0 Å². The van der Waals surface area contributed by atoms with Crippen molar-refractivity contribution in [3.8, 4) is 0 Å². The van der Waals surface area contributed by atoms with E-state index in [4.69, 9.17) is 0 Å². The molecule has 0 aromatic rings. The number of hydrogen-bond donors (Lipinski definition) is 0. The molecule has 0 bridgehead atoms. The molecule has 0 aromatic heterocycles. The zero-order valence-electron chi connectivity index (χ0n) is 8.21. The van der Waals surface area contributed by atoms with Gasteiger partial charge in [0.1, 0.15) is 0 Å². The van der Waals surface area contributed by atoms with E-state index < -0.39 is 0 Å². The van der Waals surface area contributed by atoms with Gasteiger partial charge in [-0.3, -0.25) is 0 Å². The third-order valence-electron chi connectivity index (χ3n) is 2.04. The van der Waals surface area contributed by atoms with Crippen LogP contribution in [0, 0.1) is 0 Å². The number of hydrogen-bond acceptors (Lipinski definition) is 1. The normalized spacial score (nSPS) is 20.9. The lowest BCUT2D eigenvalue weighted by molar-refractivity contribution is 0.586. The van der Waals surface area contributed by atoms with Gasteiger partial charge in [-0.05, 0) is 48.9 Å². The van der Waals surface area contributed by atoms with Crippen LogP contribution in [0.1, 0.15) is 20.8 Å². The van der Waals surface area contributed by atoms with Gasteiger partial charge in [0.05, 0.1) is 0 Å². The van der Waals surface area contributed by atoms with E-state index in [9.17, 15) is 0 Å². The molecule has 0 unspecified atom stereocenters. The van der Waals surface area contributed by atoms with Crippen LogP contribution >= 0.6 is 15.9 Å². The molecular formula is C11H14BrN. The summed E-state index contributed by atoms with van der Waals surface area (Å²) in [5.74, 6) is 0. The van der Waals surface area contributed by atoms with Crippen molar-refractivity contribution in [1.29, 1.82) is 0 Å². The van der Waals surface area contributed by atoms with Crippen molar-refractivity contribution < 1.29 is 0 Å². The molecule has 0 fully saturated rings. The summed E-state index contributed by atoms with van der Waals surface area (Å²) in [5, 5.41) is 0. The maximum absolute atomic E-state index is 3.46. The molecule has 0 radical (unpaired) electrons. The van der Waals surface area contributed by atoms with Crippen LogP contribution in [0.15, 0.2) is 46.4 Å². The van der Waals surface area contributed by atoms with Crippen LogP contribution < -0.4 is 0 Å². The van der Waals surface area contributed by atoms with E-state index in [-0.39, 0.29) is 0 Å². The van der Waals surface area contributed by atoms with Gasteiger partial charge in [0.25, 0.3) is 0 Å². The Balaban J connectivity index is 3.01. The molecule has 1 aliphatic rings. The summed E-state index contributed by atoms with van der Waals surface area (Å²) in [7, 11) is 0. The number of rotatable bonds is 1. The second kappa shape index (κ2) is 4.47. The summed E-state index contributed by atoms with van der Waals surface area (Å²) in [6.07, 6.45) is 10.4. The molecule has 1 aliphatic heterocycles. The summed E-state index contributed by atoms with van der Waals surface area (Å²) in [5.41, 5.74) is 2.44. The minimum atomic E-state index is 1.10. The Labute approximate surface area is 88.3 Å². The number of allylic oxidation sites excluding steroid dienone is 6. The van der Waals surface area contributed by atoms with Gasteiger partial charge in [0.2, 0.25) is 0 Å². The zero-order valence-corrected chi connectivity index (χ0v) is 9.80. The minimum absolute atomic E-state index is 1.10. The third kappa shape index (κ3) is 2.34. The van der Waals surface area contributed by atoms with Crippen molar-refractivity contribution >= 4 is 15.9 Å². The Morgan fingerprint density at radius 1 is 1.38 bits per heavy atom. The molecule has 0 amide bonds. The molecule has 0 saturated heterocycles. The van der Waals surface area contributed by atoms with Crippen LogP contribution in [-0.2, 0) is 0 Å². The van der Waals surface area contributed by atoms with Crippen LogP contribution in [0.2, 0.25) is 0 Å². The fourth-order valence-corrected chi connectivity index (χ4v) is 1.50. The number of nitrogens with zero attached hydrogens (tertiary/aromatic N) is 1. The summed E-state index contributed by atoms with van der Waals surface area (Å²) < 4.78 is 1.10. The van der Waals surface area contributed by atoms with E-state index in [1.165, 1.54) is 11.4 Å². The van der Waals surface area contributed by atoms with Gasteiger partial charge in [-0.25, -0.2) is 0 Å². The lowest BCUT2D eigenvalue weighted by Crippen LogP contribution is -2.15. The molecule has 1 heterocycles. The summed E-state index contributed by atoms with van der Waals surface area (Å²) >= 11 is 3.46. The van der Waals surface area contributed by atoms with Gasteiger partial charge in [-0.2, -0.15) is 0 Å². The average Bonchev–Trinajstić information content (AvgIpc) is 2.16. The van der Waals surface area contributed by atoms with Gasteiger partial charge in [-0.15, -0.1) is 0 Å². The van der Waals surface area contributed by atoms with E-state index >= 15 is 0 Å². The van der Waals surface area contributed by atoms with E-state index in [2.05, 4.69) is 58.3 Å². The van der Waals surface area contributed by atoms with Crippen molar-refractivity contribution in [2.24, 2.45) is 0 Å². The molecule has 2 heteroatoms. The molecule has 0 saturated carbocycles. The summed E-state index contributed by atoms with van der Waals surface area (Å²) in [6.45, 7) is 6.19. The van der Waals surface area contributed by atoms with E-state index in [0.717, 1.165) is 4.48 Å². The Bertz CT molecular complexity index is 308. The largest absolute Gasteiger partial charge is 0.321 e. The van der Waals surface area contributed by atoms with Crippen molar-refractivity contribution in [3.05, 3.63) is 46.4 Å². The highest BCUT2D eigenvalue weighted by Crippen LogP contribution is 2.24. The standard InChI is InChI=1S/C11H14BrN/c1-4-9(3)13-8-10(12)6-7-11(13)5-2/h4-8H,1-3H3/b9-4-,11-5-. The van der Waals surface area contributed by atoms with Gasteiger partial charge in [0, 0.05) is 22.1 Å². The first kappa shape index (κ1) is 10.3. The van der Waals surface area contributed by atoms with Gasteiger partial charge in [-0.1, -0.05) is 12.2 Å². The Morgan fingerprint density at radius 2 is 2.08 bits per heavy atom. The van der Waals surface area contributed by atoms with Crippen molar-refractivity contribution in [3.63, 3.8) is 0 Å². The van der Waals surface area contributed by atoms with E-state index in [1.54, 1.807) is 0 Å². The fraction of sp³-hybridized carbons (Fsp3) is 0.273. The predicted molar refractivity (Wildman–Crippen MR) is 61.2 cm³/mol. The van der Waals surface area contributed by atoms with Crippen LogP contribution in [-0.4, -0.2) is 4.90 Å². The third-order valence-corrected chi connectivity index (χ3v) is 2.51. The zero-order chi connectivity index (χ0) is 9.84. The van der Waals surface area contributed by atoms with Crippen molar-refractivity contribution in [1.82, 2.24) is 4.90 Å². The molecule has 0 N–H and O–H groups in total. The summed E-state index contributed by atoms with van der Waals surface area (Å²) in [6, 6.07) is 0. The highest BCUT2D eigenvalue weighted by atomic mass is 79.9. The lowest BCUT2D eigenvalue weighted by atomic mass is 10.2. The van der Waals surface area contributed by atoms with Crippen molar-refractivity contribution in [2.45, 2.75) is 20.8 Å². The summed E-state index contributed by atoms with van der Waals surface area (Å²) in [4.78, 5) is 2.16. The second-order valence-corrected chi connectivity index (χ2v) is 3.78. The highest BCUT2D eigenvalue weighted by molar-refractivity contribution is 9.11. The van der Waals surface area contributed by atoms with Gasteiger partial charge >= 0.3 is 0 Å². The van der Waals surface area contributed by atoms with Crippen LogP contribution in [0.4, 0.5) is 0 Å². The highest BCUT2D eigenvalue weighted by Gasteiger charge is 2.09. The van der Waals surface area contributed by atoms with Gasteiger partial charge in [0.15, 0.2) is 0 Å². The first-order valence-electron chi connectivity index (χ1n) is 4.33. The lowest BCUT2D eigenvalue weighted by Gasteiger charge is -2.25. The number of halogens is 1. The molecule has 13 heavy (non-hydrogen) atoms. The molecule has 70 valence electrons. The quantitative estimate of drug-likeness (QED) is 0.671. The predicted octanol–water partition coefficient (Wildman–Crippen LogP) is 3.92. The molecular weight excluding hydrogens is 226 g/mol. The maximum atomic E-state index is 3.46. The monoisotopic (exact) mass is 239 g/mol. The first-order chi connectivity index (χ1) is 6.19. The second-order valence-electron chi connectivity index (χ2n) is 2.86. The van der Waals surface area contributed by atoms with E-state index in [1.807, 2.05) is 13.8 Å². The van der Waals surface area contributed by atoms with Gasteiger partial charge < -0.3 is 4.90 Å². The maximum Gasteiger partial charge on any atom is 0.0410 e. The minimum Gasteiger partial charge on any atom is -0.321 e.